The highest BCUT2D eigenvalue weighted by molar-refractivity contribution is 7.13. The third kappa shape index (κ3) is 3.91. The zero-order valence-corrected chi connectivity index (χ0v) is 13.1. The van der Waals surface area contributed by atoms with E-state index in [1.54, 1.807) is 0 Å². The minimum absolute atomic E-state index is 0. The van der Waals surface area contributed by atoms with Crippen LogP contribution in [-0.4, -0.2) is 16.4 Å². The Bertz CT molecular complexity index is 427. The summed E-state index contributed by atoms with van der Waals surface area (Å²) in [6.45, 7) is 4.18. The summed E-state index contributed by atoms with van der Waals surface area (Å²) in [5.41, 5.74) is 6.51. The number of carbonyl (C=O) groups is 1. The number of rotatable bonds is 3. The van der Waals surface area contributed by atoms with Crippen molar-refractivity contribution in [1.82, 2.24) is 4.98 Å². The van der Waals surface area contributed by atoms with E-state index in [4.69, 9.17) is 5.73 Å². The van der Waals surface area contributed by atoms with Gasteiger partial charge in [-0.2, -0.15) is 0 Å². The molecule has 0 saturated heterocycles. The number of nitrogens with zero attached hydrogens (tertiary/aromatic N) is 1. The second kappa shape index (κ2) is 6.68. The van der Waals surface area contributed by atoms with E-state index >= 15 is 0 Å². The Morgan fingerprint density at radius 1 is 1.42 bits per heavy atom. The number of hydrogen-bond acceptors (Lipinski definition) is 4. The van der Waals surface area contributed by atoms with E-state index in [0.29, 0.717) is 11.0 Å². The highest BCUT2D eigenvalue weighted by atomic mass is 35.5. The van der Waals surface area contributed by atoms with Crippen molar-refractivity contribution in [1.29, 1.82) is 0 Å². The molecular weight excluding hydrogens is 282 g/mol. The van der Waals surface area contributed by atoms with Crippen molar-refractivity contribution in [3.63, 3.8) is 0 Å². The van der Waals surface area contributed by atoms with Crippen molar-refractivity contribution in [2.75, 3.05) is 5.32 Å². The van der Waals surface area contributed by atoms with E-state index in [2.05, 4.69) is 24.1 Å². The monoisotopic (exact) mass is 303 g/mol. The van der Waals surface area contributed by atoms with Crippen LogP contribution in [0.15, 0.2) is 5.38 Å². The maximum absolute atomic E-state index is 12.2. The molecule has 1 saturated carbocycles. The van der Waals surface area contributed by atoms with Gasteiger partial charge in [0.1, 0.15) is 0 Å². The summed E-state index contributed by atoms with van der Waals surface area (Å²) >= 11 is 1.47. The first-order valence-corrected chi connectivity index (χ1v) is 7.45. The molecule has 0 unspecified atom stereocenters. The molecule has 1 aliphatic carbocycles. The number of hydrogen-bond donors (Lipinski definition) is 2. The Morgan fingerprint density at radius 3 is 2.58 bits per heavy atom. The normalized spacial score (nSPS) is 17.9. The summed E-state index contributed by atoms with van der Waals surface area (Å²) in [4.78, 5) is 16.6. The first kappa shape index (κ1) is 16.4. The summed E-state index contributed by atoms with van der Waals surface area (Å²) in [6.07, 6.45) is 4.82. The standard InChI is InChI=1S/C13H21N3OS.ClH/c1-9(2)10-8-18-12(15-10)16-11(17)13(14)6-4-3-5-7-13;/h8-9H,3-7,14H2,1-2H3,(H,15,16,17);1H. The molecule has 1 aromatic heterocycles. The van der Waals surface area contributed by atoms with Crippen LogP contribution in [0.1, 0.15) is 57.6 Å². The second-order valence-corrected chi connectivity index (χ2v) is 6.26. The Hall–Kier alpha value is -0.650. The topological polar surface area (TPSA) is 68.0 Å². The van der Waals surface area contributed by atoms with Gasteiger partial charge in [0.05, 0.1) is 11.2 Å². The Labute approximate surface area is 124 Å². The Morgan fingerprint density at radius 2 is 2.05 bits per heavy atom. The molecule has 1 aromatic rings. The van der Waals surface area contributed by atoms with Crippen molar-refractivity contribution in [2.45, 2.75) is 57.4 Å². The van der Waals surface area contributed by atoms with Gasteiger partial charge in [-0.3, -0.25) is 4.79 Å². The number of aromatic nitrogens is 1. The van der Waals surface area contributed by atoms with Crippen LogP contribution in [0.4, 0.5) is 5.13 Å². The van der Waals surface area contributed by atoms with Crippen LogP contribution >= 0.6 is 23.7 Å². The fourth-order valence-electron chi connectivity index (χ4n) is 2.24. The number of amides is 1. The molecule has 6 heteroatoms. The van der Waals surface area contributed by atoms with Crippen LogP contribution in [0.3, 0.4) is 0 Å². The minimum atomic E-state index is -0.693. The average molecular weight is 304 g/mol. The lowest BCUT2D eigenvalue weighted by Crippen LogP contribution is -2.52. The van der Waals surface area contributed by atoms with Gasteiger partial charge in [-0.05, 0) is 18.8 Å². The van der Waals surface area contributed by atoms with Crippen molar-refractivity contribution >= 4 is 34.8 Å². The predicted molar refractivity (Wildman–Crippen MR) is 82.1 cm³/mol. The average Bonchev–Trinajstić information content (AvgIpc) is 2.78. The number of carbonyl (C=O) groups excluding carboxylic acids is 1. The Balaban J connectivity index is 0.00000180. The molecule has 2 rings (SSSR count). The van der Waals surface area contributed by atoms with Gasteiger partial charge in [0.15, 0.2) is 5.13 Å². The minimum Gasteiger partial charge on any atom is -0.317 e. The van der Waals surface area contributed by atoms with E-state index < -0.39 is 5.54 Å². The van der Waals surface area contributed by atoms with E-state index in [9.17, 15) is 4.79 Å². The van der Waals surface area contributed by atoms with E-state index in [1.165, 1.54) is 17.8 Å². The summed E-state index contributed by atoms with van der Waals surface area (Å²) in [6, 6.07) is 0. The fraction of sp³-hybridized carbons (Fsp3) is 0.692. The van der Waals surface area contributed by atoms with Crippen molar-refractivity contribution in [3.8, 4) is 0 Å². The van der Waals surface area contributed by atoms with Crippen LogP contribution in [-0.2, 0) is 4.79 Å². The molecule has 0 bridgehead atoms. The molecule has 0 aromatic carbocycles. The van der Waals surface area contributed by atoms with Gasteiger partial charge in [-0.15, -0.1) is 23.7 Å². The molecule has 0 atom stereocenters. The molecule has 0 radical (unpaired) electrons. The lowest BCUT2D eigenvalue weighted by molar-refractivity contribution is -0.122. The van der Waals surface area contributed by atoms with Gasteiger partial charge < -0.3 is 11.1 Å². The lowest BCUT2D eigenvalue weighted by Gasteiger charge is -2.31. The lowest BCUT2D eigenvalue weighted by atomic mass is 9.82. The van der Waals surface area contributed by atoms with Crippen LogP contribution in [0.25, 0.3) is 0 Å². The zero-order chi connectivity index (χ0) is 13.2. The molecule has 3 N–H and O–H groups in total. The highest BCUT2D eigenvalue weighted by Crippen LogP contribution is 2.28. The molecule has 0 aliphatic heterocycles. The number of thiazole rings is 1. The van der Waals surface area contributed by atoms with E-state index in [0.717, 1.165) is 31.4 Å². The molecule has 1 amide bonds. The van der Waals surface area contributed by atoms with Gasteiger partial charge in [0, 0.05) is 5.38 Å². The van der Waals surface area contributed by atoms with Crippen molar-refractivity contribution in [2.24, 2.45) is 5.73 Å². The molecule has 1 heterocycles. The van der Waals surface area contributed by atoms with Crippen molar-refractivity contribution in [3.05, 3.63) is 11.1 Å². The molecule has 4 nitrogen and oxygen atoms in total. The maximum Gasteiger partial charge on any atom is 0.246 e. The third-order valence-electron chi connectivity index (χ3n) is 3.53. The molecule has 19 heavy (non-hydrogen) atoms. The third-order valence-corrected chi connectivity index (χ3v) is 4.31. The second-order valence-electron chi connectivity index (χ2n) is 5.40. The maximum atomic E-state index is 12.2. The molecule has 1 aliphatic rings. The molecule has 0 spiro atoms. The van der Waals surface area contributed by atoms with Gasteiger partial charge in [-0.25, -0.2) is 4.98 Å². The Kier molecular flexibility index (Phi) is 5.77. The van der Waals surface area contributed by atoms with Crippen LogP contribution in [0.5, 0.6) is 0 Å². The zero-order valence-electron chi connectivity index (χ0n) is 11.4. The molecule has 1 fully saturated rings. The summed E-state index contributed by atoms with van der Waals surface area (Å²) in [5.74, 6) is 0.306. The molecular formula is C13H22ClN3OS. The highest BCUT2D eigenvalue weighted by Gasteiger charge is 2.35. The quantitative estimate of drug-likeness (QED) is 0.900. The summed E-state index contributed by atoms with van der Waals surface area (Å²) in [7, 11) is 0. The van der Waals surface area contributed by atoms with Gasteiger partial charge in [0.25, 0.3) is 0 Å². The van der Waals surface area contributed by atoms with Crippen LogP contribution < -0.4 is 11.1 Å². The fourth-order valence-corrected chi connectivity index (χ4v) is 3.11. The SMILES string of the molecule is CC(C)c1csc(NC(=O)C2(N)CCCCC2)n1.Cl. The van der Waals surface area contributed by atoms with E-state index in [1.807, 2.05) is 5.38 Å². The van der Waals surface area contributed by atoms with E-state index in [-0.39, 0.29) is 18.3 Å². The molecule has 108 valence electrons. The van der Waals surface area contributed by atoms with Gasteiger partial charge >= 0.3 is 0 Å². The summed E-state index contributed by atoms with van der Waals surface area (Å²) in [5, 5.41) is 5.53. The van der Waals surface area contributed by atoms with Crippen molar-refractivity contribution < 1.29 is 4.79 Å². The van der Waals surface area contributed by atoms with Crippen LogP contribution in [0, 0.1) is 0 Å². The summed E-state index contributed by atoms with van der Waals surface area (Å²) < 4.78 is 0. The number of halogens is 1. The van der Waals surface area contributed by atoms with Gasteiger partial charge in [0.2, 0.25) is 5.91 Å². The van der Waals surface area contributed by atoms with Crippen LogP contribution in [0.2, 0.25) is 0 Å². The first-order valence-electron chi connectivity index (χ1n) is 6.57. The number of anilines is 1. The number of nitrogens with two attached hydrogens (primary N) is 1. The predicted octanol–water partition coefficient (Wildman–Crippen LogP) is 3.29. The number of nitrogens with one attached hydrogen (secondary N) is 1. The van der Waals surface area contributed by atoms with Gasteiger partial charge in [-0.1, -0.05) is 33.1 Å². The first-order chi connectivity index (χ1) is 8.51. The smallest absolute Gasteiger partial charge is 0.246 e. The largest absolute Gasteiger partial charge is 0.317 e.